The summed E-state index contributed by atoms with van der Waals surface area (Å²) in [5.74, 6) is 0.785. The zero-order valence-electron chi connectivity index (χ0n) is 12.4. The summed E-state index contributed by atoms with van der Waals surface area (Å²) in [5, 5.41) is 8.54. The van der Waals surface area contributed by atoms with E-state index in [-0.39, 0.29) is 0 Å². The van der Waals surface area contributed by atoms with Crippen LogP contribution in [-0.2, 0) is 10.0 Å². The van der Waals surface area contributed by atoms with Crippen molar-refractivity contribution in [3.8, 4) is 11.3 Å². The van der Waals surface area contributed by atoms with Crippen molar-refractivity contribution in [2.75, 3.05) is 37.3 Å². The van der Waals surface area contributed by atoms with Gasteiger partial charge in [0.1, 0.15) is 0 Å². The van der Waals surface area contributed by atoms with Gasteiger partial charge in [-0.25, -0.2) is 8.42 Å². The first-order valence-electron chi connectivity index (χ1n) is 7.13. The van der Waals surface area contributed by atoms with Crippen molar-refractivity contribution in [1.29, 1.82) is 0 Å². The van der Waals surface area contributed by atoms with Gasteiger partial charge in [-0.3, -0.25) is 0 Å². The highest BCUT2D eigenvalue weighted by molar-refractivity contribution is 7.88. The van der Waals surface area contributed by atoms with Crippen LogP contribution in [0.3, 0.4) is 0 Å². The summed E-state index contributed by atoms with van der Waals surface area (Å²) >= 11 is 0. The van der Waals surface area contributed by atoms with E-state index >= 15 is 0 Å². The second-order valence-electron chi connectivity index (χ2n) is 5.29. The largest absolute Gasteiger partial charge is 0.352 e. The predicted octanol–water partition coefficient (Wildman–Crippen LogP) is 1.23. The number of hydrogen-bond donors (Lipinski definition) is 0. The third-order valence-corrected chi connectivity index (χ3v) is 5.05. The Morgan fingerprint density at radius 3 is 2.14 bits per heavy atom. The van der Waals surface area contributed by atoms with Crippen LogP contribution in [0.1, 0.15) is 0 Å². The van der Waals surface area contributed by atoms with Gasteiger partial charge in [-0.1, -0.05) is 30.3 Å². The molecule has 0 saturated carbocycles. The van der Waals surface area contributed by atoms with Gasteiger partial charge in [0.05, 0.1) is 11.9 Å². The summed E-state index contributed by atoms with van der Waals surface area (Å²) in [6.45, 7) is 2.24. The second-order valence-corrected chi connectivity index (χ2v) is 7.27. The number of piperazine rings is 1. The summed E-state index contributed by atoms with van der Waals surface area (Å²) in [6, 6.07) is 13.8. The SMILES string of the molecule is CS(=O)(=O)N1CCN(c2ccc(-c3ccccc3)nn2)CC1. The van der Waals surface area contributed by atoms with E-state index in [4.69, 9.17) is 0 Å². The van der Waals surface area contributed by atoms with Gasteiger partial charge in [-0.2, -0.15) is 4.31 Å². The third kappa shape index (κ3) is 3.26. The smallest absolute Gasteiger partial charge is 0.211 e. The molecule has 3 rings (SSSR count). The lowest BCUT2D eigenvalue weighted by atomic mass is 10.1. The quantitative estimate of drug-likeness (QED) is 0.851. The average Bonchev–Trinajstić information content (AvgIpc) is 2.55. The molecular weight excluding hydrogens is 300 g/mol. The first kappa shape index (κ1) is 14.9. The molecule has 1 saturated heterocycles. The van der Waals surface area contributed by atoms with E-state index in [0.29, 0.717) is 26.2 Å². The zero-order chi connectivity index (χ0) is 15.6. The number of hydrogen-bond acceptors (Lipinski definition) is 5. The maximum atomic E-state index is 11.5. The van der Waals surface area contributed by atoms with Crippen LogP contribution in [0.15, 0.2) is 42.5 Å². The lowest BCUT2D eigenvalue weighted by Crippen LogP contribution is -2.48. The van der Waals surface area contributed by atoms with E-state index in [2.05, 4.69) is 15.1 Å². The molecule has 0 radical (unpaired) electrons. The molecule has 1 aliphatic rings. The predicted molar refractivity (Wildman–Crippen MR) is 86.1 cm³/mol. The highest BCUT2D eigenvalue weighted by Crippen LogP contribution is 2.19. The molecule has 116 valence electrons. The normalized spacial score (nSPS) is 16.7. The molecule has 6 nitrogen and oxygen atoms in total. The molecule has 1 aromatic carbocycles. The lowest BCUT2D eigenvalue weighted by Gasteiger charge is -2.33. The maximum Gasteiger partial charge on any atom is 0.211 e. The third-order valence-electron chi connectivity index (χ3n) is 3.75. The number of sulfonamides is 1. The Morgan fingerprint density at radius 1 is 0.909 bits per heavy atom. The van der Waals surface area contributed by atoms with Crippen molar-refractivity contribution in [2.45, 2.75) is 0 Å². The fraction of sp³-hybridized carbons (Fsp3) is 0.333. The van der Waals surface area contributed by atoms with Gasteiger partial charge in [0.25, 0.3) is 0 Å². The van der Waals surface area contributed by atoms with Gasteiger partial charge in [0.15, 0.2) is 5.82 Å². The molecule has 0 bridgehead atoms. The van der Waals surface area contributed by atoms with Crippen LogP contribution in [0.2, 0.25) is 0 Å². The Morgan fingerprint density at radius 2 is 1.59 bits per heavy atom. The van der Waals surface area contributed by atoms with Crippen molar-refractivity contribution in [1.82, 2.24) is 14.5 Å². The molecule has 0 spiro atoms. The van der Waals surface area contributed by atoms with E-state index in [9.17, 15) is 8.42 Å². The van der Waals surface area contributed by atoms with E-state index in [0.717, 1.165) is 17.1 Å². The van der Waals surface area contributed by atoms with Gasteiger partial charge < -0.3 is 4.90 Å². The molecule has 1 aliphatic heterocycles. The zero-order valence-corrected chi connectivity index (χ0v) is 13.2. The summed E-state index contributed by atoms with van der Waals surface area (Å²) in [7, 11) is -3.10. The van der Waals surface area contributed by atoms with Gasteiger partial charge in [0, 0.05) is 31.7 Å². The summed E-state index contributed by atoms with van der Waals surface area (Å²) < 4.78 is 24.5. The van der Waals surface area contributed by atoms with Crippen LogP contribution >= 0.6 is 0 Å². The first-order valence-corrected chi connectivity index (χ1v) is 8.98. The number of benzene rings is 1. The molecule has 7 heteroatoms. The van der Waals surface area contributed by atoms with Crippen LogP contribution in [0.25, 0.3) is 11.3 Å². The van der Waals surface area contributed by atoms with E-state index in [1.807, 2.05) is 42.5 Å². The molecule has 0 amide bonds. The van der Waals surface area contributed by atoms with Crippen molar-refractivity contribution in [3.63, 3.8) is 0 Å². The summed E-state index contributed by atoms with van der Waals surface area (Å²) in [4.78, 5) is 2.06. The van der Waals surface area contributed by atoms with Crippen LogP contribution in [-0.4, -0.2) is 55.4 Å². The minimum Gasteiger partial charge on any atom is -0.352 e. The van der Waals surface area contributed by atoms with Gasteiger partial charge in [0.2, 0.25) is 10.0 Å². The fourth-order valence-electron chi connectivity index (χ4n) is 2.51. The topological polar surface area (TPSA) is 66.4 Å². The minimum absolute atomic E-state index is 0.487. The fourth-order valence-corrected chi connectivity index (χ4v) is 3.33. The Hall–Kier alpha value is -1.99. The highest BCUT2D eigenvalue weighted by atomic mass is 32.2. The molecule has 22 heavy (non-hydrogen) atoms. The van der Waals surface area contributed by atoms with E-state index in [1.54, 1.807) is 0 Å². The van der Waals surface area contributed by atoms with Crippen LogP contribution in [0.4, 0.5) is 5.82 Å². The van der Waals surface area contributed by atoms with Crippen molar-refractivity contribution in [3.05, 3.63) is 42.5 Å². The number of nitrogens with zero attached hydrogens (tertiary/aromatic N) is 4. The van der Waals surface area contributed by atoms with E-state index in [1.165, 1.54) is 10.6 Å². The number of rotatable bonds is 3. The molecule has 0 N–H and O–H groups in total. The Balaban J connectivity index is 1.70. The maximum absolute atomic E-state index is 11.5. The van der Waals surface area contributed by atoms with Crippen molar-refractivity contribution in [2.24, 2.45) is 0 Å². The van der Waals surface area contributed by atoms with Crippen LogP contribution in [0.5, 0.6) is 0 Å². The Kier molecular flexibility index (Phi) is 4.08. The number of anilines is 1. The Bertz CT molecular complexity index is 724. The van der Waals surface area contributed by atoms with Gasteiger partial charge in [-0.15, -0.1) is 10.2 Å². The first-order chi connectivity index (χ1) is 10.5. The van der Waals surface area contributed by atoms with Crippen LogP contribution < -0.4 is 4.90 Å². The average molecular weight is 318 g/mol. The molecular formula is C15H18N4O2S. The van der Waals surface area contributed by atoms with Crippen LogP contribution in [0, 0.1) is 0 Å². The molecule has 1 aromatic heterocycles. The molecule has 0 atom stereocenters. The summed E-state index contributed by atoms with van der Waals surface area (Å²) in [5.41, 5.74) is 1.86. The lowest BCUT2D eigenvalue weighted by molar-refractivity contribution is 0.386. The molecule has 2 aromatic rings. The van der Waals surface area contributed by atoms with E-state index < -0.39 is 10.0 Å². The molecule has 2 heterocycles. The standard InChI is InChI=1S/C15H18N4O2S/c1-22(20,21)19-11-9-18(10-12-19)15-8-7-14(16-17-15)13-5-3-2-4-6-13/h2-8H,9-12H2,1H3. The highest BCUT2D eigenvalue weighted by Gasteiger charge is 2.24. The monoisotopic (exact) mass is 318 g/mol. The molecule has 0 aliphatic carbocycles. The minimum atomic E-state index is -3.10. The van der Waals surface area contributed by atoms with Gasteiger partial charge in [-0.05, 0) is 12.1 Å². The van der Waals surface area contributed by atoms with Gasteiger partial charge >= 0.3 is 0 Å². The summed E-state index contributed by atoms with van der Waals surface area (Å²) in [6.07, 6.45) is 1.25. The number of aromatic nitrogens is 2. The second kappa shape index (κ2) is 6.02. The van der Waals surface area contributed by atoms with Crippen molar-refractivity contribution >= 4 is 15.8 Å². The van der Waals surface area contributed by atoms with Crippen molar-refractivity contribution < 1.29 is 8.42 Å². The Labute approximate surface area is 130 Å². The molecule has 0 unspecified atom stereocenters. The molecule has 1 fully saturated rings.